The summed E-state index contributed by atoms with van der Waals surface area (Å²) in [6, 6.07) is 58.7. The van der Waals surface area contributed by atoms with Crippen LogP contribution in [0, 0.1) is 42.9 Å². The molecule has 0 unspecified atom stereocenters. The van der Waals surface area contributed by atoms with Crippen LogP contribution in [0.25, 0.3) is 112 Å². The summed E-state index contributed by atoms with van der Waals surface area (Å²) in [5.41, 5.74) is -6.33. The fourth-order valence-electron chi connectivity index (χ4n) is 12.2. The Balaban J connectivity index is 0.964. The fraction of sp³-hybridized carbons (Fsp3) is 0.0741. The molecule has 0 aliphatic carbocycles. The molecule has 3 heterocycles. The van der Waals surface area contributed by atoms with Crippen LogP contribution in [0.1, 0.15) is 33.4 Å². The van der Waals surface area contributed by atoms with Gasteiger partial charge in [-0.1, -0.05) is 170 Å². The van der Waals surface area contributed by atoms with Crippen molar-refractivity contribution >= 4 is 0 Å². The summed E-state index contributed by atoms with van der Waals surface area (Å²) >= 11 is 0. The van der Waals surface area contributed by atoms with Crippen molar-refractivity contribution in [1.82, 2.24) is 15.0 Å². The summed E-state index contributed by atoms with van der Waals surface area (Å²) in [5, 5.41) is 0. The van der Waals surface area contributed by atoms with Gasteiger partial charge in [0.2, 0.25) is 0 Å². The third kappa shape index (κ3) is 11.8. The zero-order valence-corrected chi connectivity index (χ0v) is 51.2. The minimum Gasteiger partial charge on any atom is -0.256 e. The summed E-state index contributed by atoms with van der Waals surface area (Å²) in [6.45, 7) is 1.99. The van der Waals surface area contributed by atoms with Crippen LogP contribution in [0.5, 0.6) is 0 Å². The van der Waals surface area contributed by atoms with Crippen molar-refractivity contribution < 1.29 is 57.1 Å². The highest BCUT2D eigenvalue weighted by Crippen LogP contribution is 2.56. The first-order chi connectivity index (χ1) is 46.5. The van der Waals surface area contributed by atoms with Gasteiger partial charge in [0.25, 0.3) is 0 Å². The van der Waals surface area contributed by atoms with Crippen LogP contribution in [-0.4, -0.2) is 15.0 Å². The summed E-state index contributed by atoms with van der Waals surface area (Å²) in [4.78, 5) is 12.7. The van der Waals surface area contributed by atoms with Gasteiger partial charge in [0.15, 0.2) is 0 Å². The molecule has 13 aromatic rings. The molecule has 0 amide bonds. The third-order valence-electron chi connectivity index (χ3n) is 17.3. The second-order valence-corrected chi connectivity index (χ2v) is 23.3. The van der Waals surface area contributed by atoms with E-state index in [-0.39, 0.29) is 62.0 Å². The second kappa shape index (κ2) is 25.5. The molecule has 3 aromatic heterocycles. The van der Waals surface area contributed by atoms with Crippen molar-refractivity contribution in [2.75, 3.05) is 0 Å². The van der Waals surface area contributed by atoms with E-state index < -0.39 is 103 Å². The van der Waals surface area contributed by atoms with E-state index in [2.05, 4.69) is 9.97 Å². The van der Waals surface area contributed by atoms with E-state index in [0.29, 0.717) is 52.5 Å². The van der Waals surface area contributed by atoms with Gasteiger partial charge in [-0.3, -0.25) is 15.0 Å². The van der Waals surface area contributed by atoms with Crippen LogP contribution in [0.3, 0.4) is 0 Å². The summed E-state index contributed by atoms with van der Waals surface area (Å²) in [6.07, 6.45) is 2.12. The highest BCUT2D eigenvalue weighted by Gasteiger charge is 2.62. The first-order valence-electron chi connectivity index (χ1n) is 30.3. The monoisotopic (exact) mass is 1310 g/mol. The number of rotatable bonds is 16. The van der Waals surface area contributed by atoms with Gasteiger partial charge >= 0.3 is 23.7 Å². The molecule has 0 bridgehead atoms. The fourth-order valence-corrected chi connectivity index (χ4v) is 12.2. The number of hydrogen-bond acceptors (Lipinski definition) is 3. The molecular formula is C81H50F13N3. The Morgan fingerprint density at radius 3 is 1.10 bits per heavy atom. The Hall–Kier alpha value is -11.3. The third-order valence-corrected chi connectivity index (χ3v) is 17.3. The smallest absolute Gasteiger partial charge is 0.256 e. The van der Waals surface area contributed by atoms with Crippen molar-refractivity contribution in [1.29, 1.82) is 0 Å². The molecule has 0 spiro atoms. The van der Waals surface area contributed by atoms with Crippen molar-refractivity contribution in [3.63, 3.8) is 0 Å². The van der Waals surface area contributed by atoms with Crippen LogP contribution >= 0.6 is 0 Å². The largest absolute Gasteiger partial charge is 0.341 e. The first-order valence-corrected chi connectivity index (χ1v) is 30.3. The Labute approximate surface area is 548 Å². The molecule has 0 saturated heterocycles. The maximum Gasteiger partial charge on any atom is 0.341 e. The van der Waals surface area contributed by atoms with E-state index in [1.165, 1.54) is 91.1 Å². The van der Waals surface area contributed by atoms with Crippen LogP contribution < -0.4 is 0 Å². The normalized spacial score (nSPS) is 12.1. The van der Waals surface area contributed by atoms with E-state index in [1.54, 1.807) is 66.7 Å². The Morgan fingerprint density at radius 1 is 0.247 bits per heavy atom. The topological polar surface area (TPSA) is 38.7 Å². The number of benzene rings is 10. The maximum absolute atomic E-state index is 17.7. The lowest BCUT2D eigenvalue weighted by atomic mass is 9.85. The van der Waals surface area contributed by atoms with Gasteiger partial charge in [0.1, 0.15) is 29.1 Å². The molecule has 97 heavy (non-hydrogen) atoms. The minimum atomic E-state index is -5.56. The number of aromatic nitrogens is 3. The molecule has 0 N–H and O–H groups in total. The standard InChI is InChI=1S/C81H50F13N3/c1-47-37-72(61-32-35-69(83)74(76(61)85)53-21-11-5-12-22-53)96-45-66(47)80(91,92)78(87,88)57-39-56(40-58(42-57)79(89,90)81(93,94)67-46-97-73(38-48(67)2)62-33-36-70(84)75(77(62)86)54-23-13-6-14-24-54)59-25-15-16-26-60(59)65-44-95-71(55-31-34-68(82)64(41-55)51-19-9-4-10-20-51)43-63(65)52-29-27-50(28-30-52)49-17-7-3-8-18-49/h3-46H,1-2H3. The van der Waals surface area contributed by atoms with Crippen LogP contribution in [0.15, 0.2) is 267 Å². The molecule has 0 aliphatic heterocycles. The predicted molar refractivity (Wildman–Crippen MR) is 352 cm³/mol. The quantitative estimate of drug-likeness (QED) is 0.0905. The molecule has 10 aromatic carbocycles. The Kier molecular flexibility index (Phi) is 16.9. The van der Waals surface area contributed by atoms with E-state index in [9.17, 15) is 0 Å². The summed E-state index contributed by atoms with van der Waals surface area (Å²) in [5.74, 6) is -26.7. The van der Waals surface area contributed by atoms with E-state index >= 15 is 57.1 Å². The van der Waals surface area contributed by atoms with E-state index in [4.69, 9.17) is 4.98 Å². The van der Waals surface area contributed by atoms with Gasteiger partial charge in [-0.2, -0.15) is 35.1 Å². The average molecular weight is 1310 g/mol. The molecule has 480 valence electrons. The van der Waals surface area contributed by atoms with Crippen molar-refractivity contribution in [2.24, 2.45) is 0 Å². The van der Waals surface area contributed by atoms with Gasteiger partial charge in [-0.15, -0.1) is 0 Å². The van der Waals surface area contributed by atoms with Gasteiger partial charge in [-0.25, -0.2) is 22.0 Å². The van der Waals surface area contributed by atoms with Crippen LogP contribution in [0.4, 0.5) is 57.1 Å². The number of hydrogen-bond donors (Lipinski definition) is 0. The molecule has 3 nitrogen and oxygen atoms in total. The molecule has 0 saturated carbocycles. The average Bonchev–Trinajstić information content (AvgIpc) is 0.765. The number of aryl methyl sites for hydroxylation is 2. The number of pyridine rings is 3. The molecule has 16 heteroatoms. The predicted octanol–water partition coefficient (Wildman–Crippen LogP) is 23.6. The molecule has 0 aliphatic rings. The molecule has 13 rings (SSSR count). The highest BCUT2D eigenvalue weighted by atomic mass is 19.3. The van der Waals surface area contributed by atoms with Gasteiger partial charge in [0, 0.05) is 68.7 Å². The summed E-state index contributed by atoms with van der Waals surface area (Å²) < 4.78 is 219. The van der Waals surface area contributed by atoms with Crippen molar-refractivity contribution in [3.8, 4) is 112 Å². The van der Waals surface area contributed by atoms with Crippen molar-refractivity contribution in [2.45, 2.75) is 37.5 Å². The number of nitrogens with zero attached hydrogens (tertiary/aromatic N) is 3. The zero-order chi connectivity index (χ0) is 68.1. The van der Waals surface area contributed by atoms with Gasteiger partial charge in [0.05, 0.1) is 28.2 Å². The summed E-state index contributed by atoms with van der Waals surface area (Å²) in [7, 11) is 0. The maximum atomic E-state index is 17.7. The number of alkyl halides is 8. The molecule has 0 atom stereocenters. The lowest BCUT2D eigenvalue weighted by molar-refractivity contribution is -0.228. The van der Waals surface area contributed by atoms with E-state index in [0.717, 1.165) is 61.4 Å². The molecular weight excluding hydrogens is 1260 g/mol. The zero-order valence-electron chi connectivity index (χ0n) is 51.2. The second-order valence-electron chi connectivity index (χ2n) is 23.3. The SMILES string of the molecule is Cc1cc(-c2ccc(F)c(-c3ccccc3)c2F)ncc1C(F)(F)C(F)(F)c1cc(-c2ccccc2-c2cnc(-c3ccc(F)c(-c4ccccc4)c3)cc2-c2ccc(-c3ccccc3)cc2)cc(C(F)(F)C(F)(F)c2cnc(-c3ccc(F)c(-c4ccccc4)c3F)cc2C)c1. The van der Waals surface area contributed by atoms with Gasteiger partial charge in [-0.05, 0) is 159 Å². The lowest BCUT2D eigenvalue weighted by Crippen LogP contribution is -2.38. The van der Waals surface area contributed by atoms with Crippen LogP contribution in [-0.2, 0) is 23.7 Å². The molecule has 0 fully saturated rings. The van der Waals surface area contributed by atoms with Crippen LogP contribution in [0.2, 0.25) is 0 Å². The van der Waals surface area contributed by atoms with Crippen molar-refractivity contribution in [3.05, 3.63) is 330 Å². The molecule has 0 radical (unpaired) electrons. The lowest BCUT2D eigenvalue weighted by Gasteiger charge is -2.32. The number of halogens is 13. The Morgan fingerprint density at radius 2 is 0.629 bits per heavy atom. The minimum absolute atomic E-state index is 0.0826. The first kappa shape index (κ1) is 64.4. The highest BCUT2D eigenvalue weighted by molar-refractivity contribution is 5.93. The Bertz CT molecular complexity index is 4940. The van der Waals surface area contributed by atoms with E-state index in [1.807, 2.05) is 42.5 Å². The van der Waals surface area contributed by atoms with Gasteiger partial charge < -0.3 is 0 Å².